The van der Waals surface area contributed by atoms with Gasteiger partial charge in [0.05, 0.1) is 5.02 Å². The molecule has 0 radical (unpaired) electrons. The van der Waals surface area contributed by atoms with Crippen LogP contribution in [-0.2, 0) is 0 Å². The van der Waals surface area contributed by atoms with Crippen LogP contribution in [0.3, 0.4) is 0 Å². The minimum atomic E-state index is 0.129. The third kappa shape index (κ3) is 1.24. The Kier molecular flexibility index (Phi) is 1.87. The maximum atomic E-state index is 9.62. The van der Waals surface area contributed by atoms with E-state index in [-0.39, 0.29) is 5.75 Å². The molecule has 0 bridgehead atoms. The summed E-state index contributed by atoms with van der Waals surface area (Å²) >= 11 is 5.77. The van der Waals surface area contributed by atoms with Gasteiger partial charge >= 0.3 is 0 Å². The summed E-state index contributed by atoms with van der Waals surface area (Å²) in [5, 5.41) is 11.7. The third-order valence-corrected chi connectivity index (χ3v) is 2.38. The average molecular weight is 195 g/mol. The Balaban J connectivity index is 2.94. The van der Waals surface area contributed by atoms with E-state index in [0.717, 1.165) is 16.5 Å². The van der Waals surface area contributed by atoms with Crippen molar-refractivity contribution in [2.45, 2.75) is 0 Å². The lowest BCUT2D eigenvalue weighted by molar-refractivity contribution is -0.252. The fourth-order valence-corrected chi connectivity index (χ4v) is 1.55. The predicted molar refractivity (Wildman–Crippen MR) is 53.2 cm³/mol. The van der Waals surface area contributed by atoms with Crippen molar-refractivity contribution in [3.8, 4) is 5.75 Å². The molecule has 0 saturated carbocycles. The van der Waals surface area contributed by atoms with E-state index < -0.39 is 0 Å². The van der Waals surface area contributed by atoms with Crippen LogP contribution in [0, 0.1) is 0 Å². The molecule has 2 nitrogen and oxygen atoms in total. The SMILES string of the molecule is [NH3+]c1cccc2c(O)c(Cl)ccc12. The molecule has 0 aliphatic carbocycles. The van der Waals surface area contributed by atoms with Gasteiger partial charge in [-0.1, -0.05) is 23.7 Å². The Morgan fingerprint density at radius 2 is 1.85 bits per heavy atom. The molecule has 3 heteroatoms. The number of hydrogen-bond acceptors (Lipinski definition) is 1. The van der Waals surface area contributed by atoms with E-state index in [1.54, 1.807) is 6.07 Å². The molecule has 66 valence electrons. The van der Waals surface area contributed by atoms with Gasteiger partial charge in [-0.2, -0.15) is 0 Å². The molecule has 2 aromatic carbocycles. The van der Waals surface area contributed by atoms with E-state index in [0.29, 0.717) is 5.02 Å². The van der Waals surface area contributed by atoms with Gasteiger partial charge in [-0.15, -0.1) is 0 Å². The Morgan fingerprint density at radius 3 is 2.62 bits per heavy atom. The van der Waals surface area contributed by atoms with Gasteiger partial charge < -0.3 is 10.8 Å². The number of phenols is 1. The number of quaternary nitrogens is 1. The van der Waals surface area contributed by atoms with Crippen LogP contribution in [0.2, 0.25) is 5.02 Å². The zero-order valence-electron chi connectivity index (χ0n) is 6.92. The largest absolute Gasteiger partial charge is 0.506 e. The molecule has 2 aromatic rings. The van der Waals surface area contributed by atoms with Crippen molar-refractivity contribution < 1.29 is 10.8 Å². The molecular weight excluding hydrogens is 186 g/mol. The summed E-state index contributed by atoms with van der Waals surface area (Å²) in [5.74, 6) is 0.129. The molecule has 0 spiro atoms. The van der Waals surface area contributed by atoms with Gasteiger partial charge in [0.1, 0.15) is 11.4 Å². The van der Waals surface area contributed by atoms with Gasteiger partial charge in [-0.25, -0.2) is 0 Å². The van der Waals surface area contributed by atoms with Crippen LogP contribution in [0.1, 0.15) is 0 Å². The van der Waals surface area contributed by atoms with Gasteiger partial charge in [0.25, 0.3) is 0 Å². The maximum Gasteiger partial charge on any atom is 0.142 e. The van der Waals surface area contributed by atoms with Gasteiger partial charge in [0.15, 0.2) is 0 Å². The quantitative estimate of drug-likeness (QED) is 0.663. The molecule has 13 heavy (non-hydrogen) atoms. The monoisotopic (exact) mass is 194 g/mol. The van der Waals surface area contributed by atoms with Gasteiger partial charge in [0.2, 0.25) is 0 Å². The second-order valence-corrected chi connectivity index (χ2v) is 3.32. The lowest BCUT2D eigenvalue weighted by Crippen LogP contribution is -2.40. The molecule has 2 rings (SSSR count). The molecule has 0 atom stereocenters. The number of halogens is 1. The summed E-state index contributed by atoms with van der Waals surface area (Å²) in [4.78, 5) is 0. The topological polar surface area (TPSA) is 47.9 Å². The van der Waals surface area contributed by atoms with Crippen LogP contribution >= 0.6 is 11.6 Å². The zero-order chi connectivity index (χ0) is 9.42. The highest BCUT2D eigenvalue weighted by atomic mass is 35.5. The summed E-state index contributed by atoms with van der Waals surface area (Å²) in [6, 6.07) is 9.11. The first-order valence-electron chi connectivity index (χ1n) is 3.92. The first-order chi connectivity index (χ1) is 6.20. The van der Waals surface area contributed by atoms with Crippen molar-refractivity contribution in [1.82, 2.24) is 0 Å². The van der Waals surface area contributed by atoms with Crippen molar-refractivity contribution in [3.63, 3.8) is 0 Å². The maximum absolute atomic E-state index is 9.62. The third-order valence-electron chi connectivity index (χ3n) is 2.07. The minimum Gasteiger partial charge on any atom is -0.506 e. The summed E-state index contributed by atoms with van der Waals surface area (Å²) in [6.45, 7) is 0. The van der Waals surface area contributed by atoms with Crippen molar-refractivity contribution in [2.75, 3.05) is 0 Å². The summed E-state index contributed by atoms with van der Waals surface area (Å²) in [6.07, 6.45) is 0. The second-order valence-electron chi connectivity index (χ2n) is 2.91. The lowest BCUT2D eigenvalue weighted by Gasteiger charge is -2.02. The molecule has 0 amide bonds. The normalized spacial score (nSPS) is 10.6. The second kappa shape index (κ2) is 2.91. The Labute approximate surface area is 80.6 Å². The lowest BCUT2D eigenvalue weighted by atomic mass is 10.1. The first kappa shape index (κ1) is 8.35. The Hall–Kier alpha value is -1.25. The summed E-state index contributed by atoms with van der Waals surface area (Å²) < 4.78 is 0. The molecule has 4 N–H and O–H groups in total. The van der Waals surface area contributed by atoms with E-state index in [9.17, 15) is 5.11 Å². The fourth-order valence-electron chi connectivity index (χ4n) is 1.38. The van der Waals surface area contributed by atoms with Crippen LogP contribution in [0.15, 0.2) is 30.3 Å². The highest BCUT2D eigenvalue weighted by molar-refractivity contribution is 6.33. The summed E-state index contributed by atoms with van der Waals surface area (Å²) in [5.41, 5.74) is 4.76. The van der Waals surface area contributed by atoms with Crippen molar-refractivity contribution in [3.05, 3.63) is 35.4 Å². The fraction of sp³-hybridized carbons (Fsp3) is 0. The van der Waals surface area contributed by atoms with E-state index in [2.05, 4.69) is 5.73 Å². The zero-order valence-corrected chi connectivity index (χ0v) is 7.67. The van der Waals surface area contributed by atoms with E-state index in [4.69, 9.17) is 11.6 Å². The molecule has 0 aromatic heterocycles. The smallest absolute Gasteiger partial charge is 0.142 e. The molecular formula is C10H9ClNO+. The van der Waals surface area contributed by atoms with E-state index in [1.165, 1.54) is 0 Å². The molecule has 0 aliphatic heterocycles. The number of aromatic hydroxyl groups is 1. The number of benzene rings is 2. The number of fused-ring (bicyclic) bond motifs is 1. The van der Waals surface area contributed by atoms with Crippen LogP contribution in [0.4, 0.5) is 5.69 Å². The van der Waals surface area contributed by atoms with Crippen LogP contribution in [-0.4, -0.2) is 5.11 Å². The number of phenolic OH excluding ortho intramolecular Hbond substituents is 1. The Morgan fingerprint density at radius 1 is 1.08 bits per heavy atom. The van der Waals surface area contributed by atoms with Crippen LogP contribution in [0.5, 0.6) is 5.75 Å². The number of hydrogen-bond donors (Lipinski definition) is 2. The first-order valence-corrected chi connectivity index (χ1v) is 4.30. The van der Waals surface area contributed by atoms with Gasteiger partial charge in [-0.3, -0.25) is 0 Å². The van der Waals surface area contributed by atoms with Crippen LogP contribution < -0.4 is 5.73 Å². The van der Waals surface area contributed by atoms with Gasteiger partial charge in [0, 0.05) is 10.8 Å². The molecule has 0 aliphatic rings. The molecule has 0 fully saturated rings. The minimum absolute atomic E-state index is 0.129. The highest BCUT2D eigenvalue weighted by Crippen LogP contribution is 2.33. The molecule has 0 saturated heterocycles. The Bertz CT molecular complexity index is 468. The van der Waals surface area contributed by atoms with Crippen molar-refractivity contribution in [1.29, 1.82) is 0 Å². The van der Waals surface area contributed by atoms with E-state index >= 15 is 0 Å². The predicted octanol–water partition coefficient (Wildman–Crippen LogP) is 2.07. The molecule has 0 heterocycles. The van der Waals surface area contributed by atoms with Gasteiger partial charge in [-0.05, 0) is 18.2 Å². The standard InChI is InChI=1S/C10H8ClNO/c11-8-5-4-6-7(10(8)13)2-1-3-9(6)12/h1-5,13H,12H2/p+1. The van der Waals surface area contributed by atoms with Crippen LogP contribution in [0.25, 0.3) is 10.8 Å². The van der Waals surface area contributed by atoms with Crippen molar-refractivity contribution in [2.24, 2.45) is 0 Å². The highest BCUT2D eigenvalue weighted by Gasteiger charge is 2.06. The summed E-state index contributed by atoms with van der Waals surface area (Å²) in [7, 11) is 0. The van der Waals surface area contributed by atoms with Crippen molar-refractivity contribution >= 4 is 28.1 Å². The van der Waals surface area contributed by atoms with E-state index in [1.807, 2.05) is 24.3 Å². The number of rotatable bonds is 0. The molecule has 0 unspecified atom stereocenters. The average Bonchev–Trinajstić information content (AvgIpc) is 2.12.